The van der Waals surface area contributed by atoms with Crippen molar-refractivity contribution in [1.29, 1.82) is 0 Å². The number of benzene rings is 2. The molecule has 0 aliphatic carbocycles. The summed E-state index contributed by atoms with van der Waals surface area (Å²) in [5, 5.41) is 0. The molecule has 0 heterocycles. The largest absolute Gasteiger partial charge is 0.482 e. The lowest BCUT2D eigenvalue weighted by Crippen LogP contribution is -2.27. The van der Waals surface area contributed by atoms with Gasteiger partial charge in [0.25, 0.3) is 0 Å². The highest BCUT2D eigenvalue weighted by Crippen LogP contribution is 2.24. The molecule has 0 aliphatic rings. The second-order valence-corrected chi connectivity index (χ2v) is 7.98. The number of hydrogen-bond acceptors (Lipinski definition) is 4. The van der Waals surface area contributed by atoms with Crippen LogP contribution in [0, 0.1) is 0 Å². The molecule has 4 nitrogen and oxygen atoms in total. The molecule has 0 N–H and O–H groups in total. The summed E-state index contributed by atoms with van der Waals surface area (Å²) in [5.41, 5.74) is 1.73. The zero-order valence-corrected chi connectivity index (χ0v) is 17.0. The van der Waals surface area contributed by atoms with Gasteiger partial charge in [0.2, 0.25) is 5.78 Å². The Morgan fingerprint density at radius 3 is 2.12 bits per heavy atom. The van der Waals surface area contributed by atoms with Crippen LogP contribution < -0.4 is 4.74 Å². The summed E-state index contributed by atoms with van der Waals surface area (Å²) < 4.78 is 11.5. The van der Waals surface area contributed by atoms with E-state index < -0.39 is 12.1 Å². The van der Waals surface area contributed by atoms with Gasteiger partial charge < -0.3 is 9.47 Å². The van der Waals surface area contributed by atoms with E-state index in [2.05, 4.69) is 36.7 Å². The van der Waals surface area contributed by atoms with E-state index in [-0.39, 0.29) is 17.8 Å². The fourth-order valence-corrected chi connectivity index (χ4v) is 2.59. The van der Waals surface area contributed by atoms with Crippen LogP contribution in [0.5, 0.6) is 5.75 Å². The fraction of sp³-hybridized carbons (Fsp3) is 0.333. The molecule has 0 fully saturated rings. The molecule has 1 atom stereocenters. The quantitative estimate of drug-likeness (QED) is 0.492. The van der Waals surface area contributed by atoms with Crippen LogP contribution in [0.3, 0.4) is 0 Å². The van der Waals surface area contributed by atoms with Crippen LogP contribution in [-0.4, -0.2) is 24.5 Å². The van der Waals surface area contributed by atoms with Crippen LogP contribution in [0.2, 0.25) is 0 Å². The fourth-order valence-electron chi connectivity index (χ4n) is 2.33. The van der Waals surface area contributed by atoms with Gasteiger partial charge in [-0.2, -0.15) is 0 Å². The molecule has 2 aromatic rings. The van der Waals surface area contributed by atoms with E-state index in [0.29, 0.717) is 11.3 Å². The number of ketones is 1. The van der Waals surface area contributed by atoms with Crippen molar-refractivity contribution in [2.45, 2.75) is 39.2 Å². The second-order valence-electron chi connectivity index (χ2n) is 7.07. The van der Waals surface area contributed by atoms with Crippen LogP contribution in [0.4, 0.5) is 0 Å². The topological polar surface area (TPSA) is 52.6 Å². The van der Waals surface area contributed by atoms with E-state index in [1.165, 1.54) is 5.56 Å². The molecule has 0 aliphatic heterocycles. The number of Topliss-reactive ketones (excluding diaryl/α,β-unsaturated/α-hetero) is 1. The molecule has 0 radical (unpaired) electrons. The van der Waals surface area contributed by atoms with Gasteiger partial charge in [0.1, 0.15) is 5.75 Å². The lowest BCUT2D eigenvalue weighted by molar-refractivity contribution is -0.148. The van der Waals surface area contributed by atoms with Gasteiger partial charge in [-0.1, -0.05) is 61.0 Å². The Balaban J connectivity index is 1.86. The molecule has 26 heavy (non-hydrogen) atoms. The SMILES string of the molecule is C[C@H](OC(=O)COc1ccc(C(C)(C)C)cc1)C(=O)c1ccc(Br)cc1. The van der Waals surface area contributed by atoms with Gasteiger partial charge in [0.05, 0.1) is 0 Å². The van der Waals surface area contributed by atoms with Crippen molar-refractivity contribution in [2.75, 3.05) is 6.61 Å². The first-order valence-corrected chi connectivity index (χ1v) is 9.19. The molecule has 2 rings (SSSR count). The van der Waals surface area contributed by atoms with Gasteiger partial charge in [-0.15, -0.1) is 0 Å². The van der Waals surface area contributed by atoms with Crippen LogP contribution in [0.25, 0.3) is 0 Å². The summed E-state index contributed by atoms with van der Waals surface area (Å²) in [6.45, 7) is 7.70. The Bertz CT molecular complexity index is 758. The predicted octanol–water partition coefficient (Wildman–Crippen LogP) is 4.94. The van der Waals surface area contributed by atoms with Crippen LogP contribution in [0.15, 0.2) is 53.0 Å². The molecule has 0 saturated carbocycles. The summed E-state index contributed by atoms with van der Waals surface area (Å²) in [7, 11) is 0. The maximum absolute atomic E-state index is 12.3. The number of halogens is 1. The van der Waals surface area contributed by atoms with Crippen molar-refractivity contribution in [1.82, 2.24) is 0 Å². The number of esters is 1. The molecule has 0 amide bonds. The Morgan fingerprint density at radius 2 is 1.58 bits per heavy atom. The highest BCUT2D eigenvalue weighted by Gasteiger charge is 2.20. The normalized spacial score (nSPS) is 12.3. The highest BCUT2D eigenvalue weighted by molar-refractivity contribution is 9.10. The van der Waals surface area contributed by atoms with Gasteiger partial charge in [0, 0.05) is 10.0 Å². The Hall–Kier alpha value is -2.14. The summed E-state index contributed by atoms with van der Waals surface area (Å²) in [4.78, 5) is 24.2. The Labute approximate surface area is 162 Å². The summed E-state index contributed by atoms with van der Waals surface area (Å²) >= 11 is 3.32. The highest BCUT2D eigenvalue weighted by atomic mass is 79.9. The Morgan fingerprint density at radius 1 is 1.00 bits per heavy atom. The van der Waals surface area contributed by atoms with Gasteiger partial charge in [-0.05, 0) is 42.2 Å². The minimum Gasteiger partial charge on any atom is -0.482 e. The third kappa shape index (κ3) is 5.70. The standard InChI is InChI=1S/C21H23BrO4/c1-14(20(24)15-5-9-17(22)10-6-15)26-19(23)13-25-18-11-7-16(8-12-18)21(2,3)4/h5-12,14H,13H2,1-4H3/t14-/m0/s1. The summed E-state index contributed by atoms with van der Waals surface area (Å²) in [6.07, 6.45) is -0.865. The molecule has 2 aromatic carbocycles. The van der Waals surface area contributed by atoms with Gasteiger partial charge in [-0.25, -0.2) is 4.79 Å². The Kier molecular flexibility index (Phi) is 6.59. The van der Waals surface area contributed by atoms with Crippen molar-refractivity contribution in [2.24, 2.45) is 0 Å². The number of ether oxygens (including phenoxy) is 2. The average molecular weight is 419 g/mol. The number of hydrogen-bond donors (Lipinski definition) is 0. The first-order chi connectivity index (χ1) is 12.2. The van der Waals surface area contributed by atoms with Crippen molar-refractivity contribution in [3.05, 3.63) is 64.1 Å². The minimum absolute atomic E-state index is 0.0558. The van der Waals surface area contributed by atoms with Crippen LogP contribution in [-0.2, 0) is 14.9 Å². The van der Waals surface area contributed by atoms with Crippen molar-refractivity contribution >= 4 is 27.7 Å². The van der Waals surface area contributed by atoms with E-state index >= 15 is 0 Å². The molecule has 0 spiro atoms. The lowest BCUT2D eigenvalue weighted by Gasteiger charge is -2.19. The third-order valence-electron chi connectivity index (χ3n) is 3.88. The van der Waals surface area contributed by atoms with Gasteiger partial charge in [-0.3, -0.25) is 4.79 Å². The maximum Gasteiger partial charge on any atom is 0.344 e. The van der Waals surface area contributed by atoms with Crippen molar-refractivity contribution < 1.29 is 19.1 Å². The molecule has 0 bridgehead atoms. The number of carbonyl (C=O) groups is 2. The first-order valence-electron chi connectivity index (χ1n) is 8.39. The van der Waals surface area contributed by atoms with E-state index in [9.17, 15) is 9.59 Å². The van der Waals surface area contributed by atoms with E-state index in [4.69, 9.17) is 9.47 Å². The molecule has 138 valence electrons. The van der Waals surface area contributed by atoms with Gasteiger partial charge >= 0.3 is 5.97 Å². The number of rotatable bonds is 6. The second kappa shape index (κ2) is 8.49. The first kappa shape index (κ1) is 20.2. The van der Waals surface area contributed by atoms with Crippen molar-refractivity contribution in [3.8, 4) is 5.75 Å². The van der Waals surface area contributed by atoms with Crippen molar-refractivity contribution in [3.63, 3.8) is 0 Å². The molecule has 0 unspecified atom stereocenters. The lowest BCUT2D eigenvalue weighted by atomic mass is 9.87. The zero-order valence-electron chi connectivity index (χ0n) is 15.4. The summed E-state index contributed by atoms with van der Waals surface area (Å²) in [5.74, 6) is -0.245. The molecule has 5 heteroatoms. The average Bonchev–Trinajstić information content (AvgIpc) is 2.59. The molecule has 0 saturated heterocycles. The van der Waals surface area contributed by atoms with Crippen LogP contribution in [0.1, 0.15) is 43.6 Å². The smallest absolute Gasteiger partial charge is 0.344 e. The third-order valence-corrected chi connectivity index (χ3v) is 4.41. The molecular weight excluding hydrogens is 396 g/mol. The minimum atomic E-state index is -0.865. The van der Waals surface area contributed by atoms with Crippen LogP contribution >= 0.6 is 15.9 Å². The summed E-state index contributed by atoms with van der Waals surface area (Å²) in [6, 6.07) is 14.5. The zero-order chi connectivity index (χ0) is 19.3. The molecular formula is C21H23BrO4. The van der Waals surface area contributed by atoms with E-state index in [1.807, 2.05) is 24.3 Å². The molecule has 0 aromatic heterocycles. The van der Waals surface area contributed by atoms with E-state index in [1.54, 1.807) is 31.2 Å². The predicted molar refractivity (Wildman–Crippen MR) is 105 cm³/mol. The number of carbonyl (C=O) groups excluding carboxylic acids is 2. The van der Waals surface area contributed by atoms with Gasteiger partial charge in [0.15, 0.2) is 12.7 Å². The monoisotopic (exact) mass is 418 g/mol. The maximum atomic E-state index is 12.3. The van der Waals surface area contributed by atoms with E-state index in [0.717, 1.165) is 4.47 Å².